The van der Waals surface area contributed by atoms with E-state index >= 15 is 0 Å². The zero-order valence-electron chi connectivity index (χ0n) is 14.8. The van der Waals surface area contributed by atoms with Crippen molar-refractivity contribution >= 4 is 35.8 Å². The van der Waals surface area contributed by atoms with Crippen molar-refractivity contribution < 1.29 is 4.79 Å². The molecule has 2 rings (SSSR count). The number of nitrogens with zero attached hydrogens (tertiary/aromatic N) is 2. The molecule has 2 aliphatic rings. The van der Waals surface area contributed by atoms with Crippen LogP contribution in [0.1, 0.15) is 46.5 Å². The predicted octanol–water partition coefficient (Wildman–Crippen LogP) is 2.46. The normalized spacial score (nSPS) is 24.2. The molecule has 23 heavy (non-hydrogen) atoms. The van der Waals surface area contributed by atoms with Crippen molar-refractivity contribution in [1.29, 1.82) is 0 Å². The van der Waals surface area contributed by atoms with Crippen molar-refractivity contribution in [2.24, 2.45) is 22.7 Å². The van der Waals surface area contributed by atoms with Crippen LogP contribution in [0, 0.1) is 17.8 Å². The molecule has 0 radical (unpaired) electrons. The van der Waals surface area contributed by atoms with Crippen molar-refractivity contribution in [3.05, 3.63) is 0 Å². The van der Waals surface area contributed by atoms with Gasteiger partial charge in [-0.15, -0.1) is 24.0 Å². The zero-order valence-corrected chi connectivity index (χ0v) is 17.1. The molecule has 0 aromatic rings. The molecule has 134 valence electrons. The minimum atomic E-state index is 0. The predicted molar refractivity (Wildman–Crippen MR) is 106 cm³/mol. The van der Waals surface area contributed by atoms with Crippen LogP contribution in [0.4, 0.5) is 0 Å². The smallest absolute Gasteiger partial charge is 0.222 e. The third-order valence-electron chi connectivity index (χ3n) is 4.81. The van der Waals surface area contributed by atoms with Gasteiger partial charge in [-0.25, -0.2) is 0 Å². The summed E-state index contributed by atoms with van der Waals surface area (Å²) >= 11 is 0. The van der Waals surface area contributed by atoms with E-state index in [1.165, 1.54) is 25.7 Å². The fourth-order valence-corrected chi connectivity index (χ4v) is 3.55. The van der Waals surface area contributed by atoms with E-state index in [0.29, 0.717) is 13.1 Å². The maximum absolute atomic E-state index is 11.6. The van der Waals surface area contributed by atoms with Gasteiger partial charge in [-0.05, 0) is 31.6 Å². The summed E-state index contributed by atoms with van der Waals surface area (Å²) in [4.78, 5) is 18.7. The third kappa shape index (κ3) is 6.12. The molecule has 1 saturated heterocycles. The van der Waals surface area contributed by atoms with E-state index in [4.69, 9.17) is 4.99 Å². The SMILES string of the molecule is CCNC(=NCCNC(=O)C(C)C)N1CC2CCCCC2C1.I. The lowest BCUT2D eigenvalue weighted by molar-refractivity contribution is -0.123. The van der Waals surface area contributed by atoms with Crippen LogP contribution in [0.2, 0.25) is 0 Å². The Labute approximate surface area is 158 Å². The fourth-order valence-electron chi connectivity index (χ4n) is 3.55. The minimum absolute atomic E-state index is 0. The summed E-state index contributed by atoms with van der Waals surface area (Å²) in [6.07, 6.45) is 5.55. The molecule has 5 nitrogen and oxygen atoms in total. The number of halogens is 1. The summed E-state index contributed by atoms with van der Waals surface area (Å²) < 4.78 is 0. The van der Waals surface area contributed by atoms with Crippen LogP contribution in [-0.4, -0.2) is 49.5 Å². The molecule has 2 unspecified atom stereocenters. The number of carbonyl (C=O) groups excluding carboxylic acids is 1. The number of hydrogen-bond acceptors (Lipinski definition) is 2. The van der Waals surface area contributed by atoms with Gasteiger partial charge < -0.3 is 15.5 Å². The summed E-state index contributed by atoms with van der Waals surface area (Å²) in [5, 5.41) is 6.34. The molecular weight excluding hydrogens is 403 g/mol. The number of rotatable bonds is 5. The second kappa shape index (κ2) is 10.4. The van der Waals surface area contributed by atoms with Gasteiger partial charge in [-0.2, -0.15) is 0 Å². The Bertz CT molecular complexity index is 386. The highest BCUT2D eigenvalue weighted by Gasteiger charge is 2.35. The van der Waals surface area contributed by atoms with Crippen LogP contribution in [0.5, 0.6) is 0 Å². The average molecular weight is 436 g/mol. The molecule has 1 aliphatic carbocycles. The number of likely N-dealkylation sites (tertiary alicyclic amines) is 1. The maximum atomic E-state index is 11.6. The molecule has 0 spiro atoms. The lowest BCUT2D eigenvalue weighted by Gasteiger charge is -2.22. The second-order valence-corrected chi connectivity index (χ2v) is 6.89. The Morgan fingerprint density at radius 1 is 1.17 bits per heavy atom. The van der Waals surface area contributed by atoms with Crippen molar-refractivity contribution in [2.75, 3.05) is 32.7 Å². The summed E-state index contributed by atoms with van der Waals surface area (Å²) in [7, 11) is 0. The molecule has 0 bridgehead atoms. The summed E-state index contributed by atoms with van der Waals surface area (Å²) in [5.41, 5.74) is 0. The first-order valence-electron chi connectivity index (χ1n) is 8.92. The fraction of sp³-hybridized carbons (Fsp3) is 0.882. The first kappa shape index (κ1) is 20.5. The lowest BCUT2D eigenvalue weighted by atomic mass is 9.82. The number of hydrogen-bond donors (Lipinski definition) is 2. The molecule has 1 amide bonds. The van der Waals surface area contributed by atoms with E-state index in [1.807, 2.05) is 13.8 Å². The number of aliphatic imine (C=N–C) groups is 1. The number of carbonyl (C=O) groups is 1. The molecule has 6 heteroatoms. The minimum Gasteiger partial charge on any atom is -0.357 e. The van der Waals surface area contributed by atoms with Crippen LogP contribution in [0.15, 0.2) is 4.99 Å². The van der Waals surface area contributed by atoms with E-state index in [9.17, 15) is 4.79 Å². The van der Waals surface area contributed by atoms with Gasteiger partial charge in [0.2, 0.25) is 5.91 Å². The Balaban J connectivity index is 0.00000264. The molecule has 2 atom stereocenters. The number of nitrogens with one attached hydrogen (secondary N) is 2. The summed E-state index contributed by atoms with van der Waals surface area (Å²) in [5.74, 6) is 2.89. The van der Waals surface area contributed by atoms with E-state index in [2.05, 4.69) is 22.5 Å². The van der Waals surface area contributed by atoms with Crippen LogP contribution < -0.4 is 10.6 Å². The van der Waals surface area contributed by atoms with Gasteiger partial charge in [-0.1, -0.05) is 26.7 Å². The molecule has 2 fully saturated rings. The van der Waals surface area contributed by atoms with Gasteiger partial charge in [0.25, 0.3) is 0 Å². The highest BCUT2D eigenvalue weighted by atomic mass is 127. The number of guanidine groups is 1. The quantitative estimate of drug-likeness (QED) is 0.301. The molecule has 0 aromatic carbocycles. The first-order chi connectivity index (χ1) is 10.6. The van der Waals surface area contributed by atoms with Crippen molar-refractivity contribution in [3.8, 4) is 0 Å². The molecule has 0 aromatic heterocycles. The Kier molecular flexibility index (Phi) is 9.24. The summed E-state index contributed by atoms with van der Waals surface area (Å²) in [6, 6.07) is 0. The van der Waals surface area contributed by atoms with E-state index in [1.54, 1.807) is 0 Å². The van der Waals surface area contributed by atoms with Crippen LogP contribution in [0.3, 0.4) is 0 Å². The van der Waals surface area contributed by atoms with Gasteiger partial charge in [0, 0.05) is 32.1 Å². The number of amides is 1. The van der Waals surface area contributed by atoms with E-state index < -0.39 is 0 Å². The van der Waals surface area contributed by atoms with Crippen molar-refractivity contribution in [1.82, 2.24) is 15.5 Å². The largest absolute Gasteiger partial charge is 0.357 e. The summed E-state index contributed by atoms with van der Waals surface area (Å²) in [6.45, 7) is 10.4. The van der Waals surface area contributed by atoms with Gasteiger partial charge >= 0.3 is 0 Å². The first-order valence-corrected chi connectivity index (χ1v) is 8.92. The van der Waals surface area contributed by atoms with E-state index in [-0.39, 0.29) is 35.8 Å². The molecule has 2 N–H and O–H groups in total. The van der Waals surface area contributed by atoms with E-state index in [0.717, 1.165) is 37.4 Å². The van der Waals surface area contributed by atoms with Gasteiger partial charge in [0.1, 0.15) is 0 Å². The Morgan fingerprint density at radius 2 is 1.78 bits per heavy atom. The van der Waals surface area contributed by atoms with Crippen LogP contribution in [-0.2, 0) is 4.79 Å². The highest BCUT2D eigenvalue weighted by Crippen LogP contribution is 2.35. The third-order valence-corrected chi connectivity index (χ3v) is 4.81. The second-order valence-electron chi connectivity index (χ2n) is 6.89. The zero-order chi connectivity index (χ0) is 15.9. The molecule has 1 saturated carbocycles. The van der Waals surface area contributed by atoms with Crippen molar-refractivity contribution in [3.63, 3.8) is 0 Å². The monoisotopic (exact) mass is 436 g/mol. The van der Waals surface area contributed by atoms with Gasteiger partial charge in [-0.3, -0.25) is 9.79 Å². The highest BCUT2D eigenvalue weighted by molar-refractivity contribution is 14.0. The van der Waals surface area contributed by atoms with Crippen molar-refractivity contribution in [2.45, 2.75) is 46.5 Å². The maximum Gasteiger partial charge on any atom is 0.222 e. The standard InChI is InChI=1S/C17H32N4O.HI/c1-4-18-17(20-10-9-19-16(22)13(2)3)21-11-14-7-5-6-8-15(14)12-21;/h13-15H,4-12H2,1-3H3,(H,18,20)(H,19,22);1H. The molecule has 1 aliphatic heterocycles. The molecular formula is C17H33IN4O. The Morgan fingerprint density at radius 3 is 2.30 bits per heavy atom. The Hall–Kier alpha value is -0.530. The van der Waals surface area contributed by atoms with Gasteiger partial charge in [0.05, 0.1) is 6.54 Å². The van der Waals surface area contributed by atoms with Crippen LogP contribution >= 0.6 is 24.0 Å². The average Bonchev–Trinajstić information content (AvgIpc) is 2.93. The topological polar surface area (TPSA) is 56.7 Å². The lowest BCUT2D eigenvalue weighted by Crippen LogP contribution is -2.41. The van der Waals surface area contributed by atoms with Crippen LogP contribution in [0.25, 0.3) is 0 Å². The molecule has 1 heterocycles. The van der Waals surface area contributed by atoms with Gasteiger partial charge in [0.15, 0.2) is 5.96 Å². The number of fused-ring (bicyclic) bond motifs is 1.